The van der Waals surface area contributed by atoms with E-state index in [1.807, 2.05) is 11.8 Å². The molecule has 0 amide bonds. The Balaban J connectivity index is 2.58. The maximum atomic E-state index is 5.63. The normalized spacial score (nSPS) is 12.7. The van der Waals surface area contributed by atoms with E-state index < -0.39 is 0 Å². The van der Waals surface area contributed by atoms with Crippen molar-refractivity contribution >= 4 is 11.8 Å². The van der Waals surface area contributed by atoms with Gasteiger partial charge in [0.25, 0.3) is 0 Å². The zero-order valence-corrected chi connectivity index (χ0v) is 9.59. The van der Waals surface area contributed by atoms with Crippen LogP contribution in [0.4, 0.5) is 0 Å². The number of rotatable bonds is 6. The second-order valence-electron chi connectivity index (χ2n) is 3.35. The SMILES string of the molecule is CCCSC(CCN)c1ccccc1. The van der Waals surface area contributed by atoms with E-state index in [1.165, 1.54) is 17.7 Å². The third kappa shape index (κ3) is 3.72. The first-order valence-electron chi connectivity index (χ1n) is 5.25. The molecule has 1 aromatic carbocycles. The van der Waals surface area contributed by atoms with E-state index >= 15 is 0 Å². The maximum Gasteiger partial charge on any atom is 0.0309 e. The van der Waals surface area contributed by atoms with Gasteiger partial charge in [0.05, 0.1) is 0 Å². The van der Waals surface area contributed by atoms with E-state index in [0.717, 1.165) is 13.0 Å². The zero-order chi connectivity index (χ0) is 10.2. The molecule has 78 valence electrons. The minimum Gasteiger partial charge on any atom is -0.330 e. The summed E-state index contributed by atoms with van der Waals surface area (Å²) in [6, 6.07) is 10.7. The van der Waals surface area contributed by atoms with Gasteiger partial charge < -0.3 is 5.73 Å². The minimum absolute atomic E-state index is 0.584. The number of benzene rings is 1. The van der Waals surface area contributed by atoms with Gasteiger partial charge in [0.15, 0.2) is 0 Å². The average Bonchev–Trinajstić information content (AvgIpc) is 2.25. The van der Waals surface area contributed by atoms with Crippen LogP contribution in [0.25, 0.3) is 0 Å². The molecule has 0 aliphatic carbocycles. The standard InChI is InChI=1S/C12H19NS/c1-2-10-14-12(8-9-13)11-6-4-3-5-7-11/h3-7,12H,2,8-10,13H2,1H3. The molecule has 0 aromatic heterocycles. The van der Waals surface area contributed by atoms with Crippen LogP contribution >= 0.6 is 11.8 Å². The van der Waals surface area contributed by atoms with Crippen molar-refractivity contribution in [3.05, 3.63) is 35.9 Å². The Morgan fingerprint density at radius 3 is 2.57 bits per heavy atom. The molecule has 1 unspecified atom stereocenters. The summed E-state index contributed by atoms with van der Waals surface area (Å²) < 4.78 is 0. The monoisotopic (exact) mass is 209 g/mol. The molecule has 1 rings (SSSR count). The van der Waals surface area contributed by atoms with Gasteiger partial charge in [-0.3, -0.25) is 0 Å². The van der Waals surface area contributed by atoms with Crippen LogP contribution < -0.4 is 5.73 Å². The topological polar surface area (TPSA) is 26.0 Å². The van der Waals surface area contributed by atoms with Crippen molar-refractivity contribution in [2.75, 3.05) is 12.3 Å². The predicted molar refractivity (Wildman–Crippen MR) is 65.6 cm³/mol. The summed E-state index contributed by atoms with van der Waals surface area (Å²) in [5, 5.41) is 0.584. The van der Waals surface area contributed by atoms with Crippen LogP contribution in [-0.2, 0) is 0 Å². The summed E-state index contributed by atoms with van der Waals surface area (Å²) in [6.45, 7) is 2.99. The van der Waals surface area contributed by atoms with E-state index in [4.69, 9.17) is 5.73 Å². The Bertz CT molecular complexity index is 235. The molecule has 14 heavy (non-hydrogen) atoms. The quantitative estimate of drug-likeness (QED) is 0.778. The predicted octanol–water partition coefficient (Wildman–Crippen LogP) is 3.22. The first kappa shape index (κ1) is 11.6. The van der Waals surface area contributed by atoms with Crippen molar-refractivity contribution in [1.82, 2.24) is 0 Å². The van der Waals surface area contributed by atoms with Gasteiger partial charge in [-0.2, -0.15) is 11.8 Å². The maximum absolute atomic E-state index is 5.63. The van der Waals surface area contributed by atoms with E-state index in [-0.39, 0.29) is 0 Å². The highest BCUT2D eigenvalue weighted by Gasteiger charge is 2.09. The van der Waals surface area contributed by atoms with Crippen LogP contribution in [0, 0.1) is 0 Å². The van der Waals surface area contributed by atoms with Crippen LogP contribution in [0.5, 0.6) is 0 Å². The third-order valence-corrected chi connectivity index (χ3v) is 3.68. The molecular weight excluding hydrogens is 190 g/mol. The second kappa shape index (κ2) is 6.91. The third-order valence-electron chi connectivity index (χ3n) is 2.12. The molecule has 0 heterocycles. The Labute approximate surface area is 91.1 Å². The first-order valence-corrected chi connectivity index (χ1v) is 6.30. The highest BCUT2D eigenvalue weighted by molar-refractivity contribution is 7.99. The van der Waals surface area contributed by atoms with Gasteiger partial charge >= 0.3 is 0 Å². The van der Waals surface area contributed by atoms with Crippen LogP contribution in [0.15, 0.2) is 30.3 Å². The number of thioether (sulfide) groups is 1. The van der Waals surface area contributed by atoms with E-state index in [1.54, 1.807) is 0 Å². The van der Waals surface area contributed by atoms with Gasteiger partial charge in [-0.15, -0.1) is 0 Å². The fourth-order valence-corrected chi connectivity index (χ4v) is 2.60. The molecule has 0 aliphatic heterocycles. The van der Waals surface area contributed by atoms with E-state index in [0.29, 0.717) is 5.25 Å². The lowest BCUT2D eigenvalue weighted by molar-refractivity contribution is 0.813. The number of nitrogens with two attached hydrogens (primary N) is 1. The van der Waals surface area contributed by atoms with Crippen LogP contribution in [-0.4, -0.2) is 12.3 Å². The van der Waals surface area contributed by atoms with Gasteiger partial charge in [0, 0.05) is 5.25 Å². The lowest BCUT2D eigenvalue weighted by Gasteiger charge is -2.15. The smallest absolute Gasteiger partial charge is 0.0309 e. The highest BCUT2D eigenvalue weighted by atomic mass is 32.2. The van der Waals surface area contributed by atoms with Gasteiger partial charge in [-0.25, -0.2) is 0 Å². The molecule has 0 radical (unpaired) electrons. The summed E-state index contributed by atoms with van der Waals surface area (Å²) in [5.41, 5.74) is 7.04. The lowest BCUT2D eigenvalue weighted by Crippen LogP contribution is -2.05. The van der Waals surface area contributed by atoms with Gasteiger partial charge in [-0.05, 0) is 30.7 Å². The minimum atomic E-state index is 0.584. The summed E-state index contributed by atoms with van der Waals surface area (Å²) in [7, 11) is 0. The second-order valence-corrected chi connectivity index (χ2v) is 4.66. The average molecular weight is 209 g/mol. The highest BCUT2D eigenvalue weighted by Crippen LogP contribution is 2.31. The number of hydrogen-bond donors (Lipinski definition) is 1. The molecule has 0 fully saturated rings. The van der Waals surface area contributed by atoms with Crippen LogP contribution in [0.2, 0.25) is 0 Å². The fourth-order valence-electron chi connectivity index (χ4n) is 1.43. The largest absolute Gasteiger partial charge is 0.330 e. The Kier molecular flexibility index (Phi) is 5.72. The summed E-state index contributed by atoms with van der Waals surface area (Å²) in [4.78, 5) is 0. The van der Waals surface area contributed by atoms with Gasteiger partial charge in [0.1, 0.15) is 0 Å². The molecule has 0 aliphatic rings. The Morgan fingerprint density at radius 2 is 2.00 bits per heavy atom. The first-order chi connectivity index (χ1) is 6.88. The van der Waals surface area contributed by atoms with E-state index in [9.17, 15) is 0 Å². The molecular formula is C12H19NS. The molecule has 0 spiro atoms. The molecule has 0 saturated heterocycles. The Morgan fingerprint density at radius 1 is 1.29 bits per heavy atom. The molecule has 0 saturated carbocycles. The van der Waals surface area contributed by atoms with Crippen molar-refractivity contribution in [3.63, 3.8) is 0 Å². The van der Waals surface area contributed by atoms with Crippen molar-refractivity contribution < 1.29 is 0 Å². The zero-order valence-electron chi connectivity index (χ0n) is 8.78. The van der Waals surface area contributed by atoms with Gasteiger partial charge in [0.2, 0.25) is 0 Å². The Hall–Kier alpha value is -0.470. The summed E-state index contributed by atoms with van der Waals surface area (Å²) in [5.74, 6) is 1.22. The lowest BCUT2D eigenvalue weighted by atomic mass is 10.1. The molecule has 2 N–H and O–H groups in total. The molecule has 1 aromatic rings. The van der Waals surface area contributed by atoms with Crippen molar-refractivity contribution in [1.29, 1.82) is 0 Å². The van der Waals surface area contributed by atoms with Crippen molar-refractivity contribution in [2.45, 2.75) is 25.0 Å². The van der Waals surface area contributed by atoms with Crippen molar-refractivity contribution in [2.24, 2.45) is 5.73 Å². The molecule has 1 atom stereocenters. The van der Waals surface area contributed by atoms with Crippen LogP contribution in [0.1, 0.15) is 30.6 Å². The summed E-state index contributed by atoms with van der Waals surface area (Å²) >= 11 is 2.02. The molecule has 2 heteroatoms. The molecule has 0 bridgehead atoms. The van der Waals surface area contributed by atoms with E-state index in [2.05, 4.69) is 37.3 Å². The van der Waals surface area contributed by atoms with Gasteiger partial charge in [-0.1, -0.05) is 37.3 Å². The molecule has 1 nitrogen and oxygen atoms in total. The van der Waals surface area contributed by atoms with Crippen LogP contribution in [0.3, 0.4) is 0 Å². The fraction of sp³-hybridized carbons (Fsp3) is 0.500. The van der Waals surface area contributed by atoms with Crippen molar-refractivity contribution in [3.8, 4) is 0 Å². The number of hydrogen-bond acceptors (Lipinski definition) is 2. The summed E-state index contributed by atoms with van der Waals surface area (Å²) in [6.07, 6.45) is 2.31.